The monoisotopic (exact) mass is 206 g/mol. The molecule has 84 valence electrons. The van der Waals surface area contributed by atoms with E-state index in [1.807, 2.05) is 0 Å². The highest BCUT2D eigenvalue weighted by molar-refractivity contribution is 5.47. The Morgan fingerprint density at radius 3 is 2.13 bits per heavy atom. The fraction of sp³-hybridized carbons (Fsp3) is 0.538. The number of anilines is 1. The molecule has 15 heavy (non-hydrogen) atoms. The van der Waals surface area contributed by atoms with E-state index in [1.165, 1.54) is 11.3 Å². The second kappa shape index (κ2) is 4.67. The van der Waals surface area contributed by atoms with E-state index in [0.29, 0.717) is 0 Å². The summed E-state index contributed by atoms with van der Waals surface area (Å²) < 4.78 is 0. The first kappa shape index (κ1) is 12.1. The molecule has 2 heteroatoms. The summed E-state index contributed by atoms with van der Waals surface area (Å²) in [5.74, 6) is 0. The van der Waals surface area contributed by atoms with Crippen molar-refractivity contribution in [2.45, 2.75) is 33.2 Å². The molecule has 0 saturated heterocycles. The Morgan fingerprint density at radius 2 is 1.73 bits per heavy atom. The van der Waals surface area contributed by atoms with Crippen LogP contribution in [0, 0.1) is 6.92 Å². The molecule has 0 aliphatic rings. The molecule has 1 aromatic carbocycles. The molecule has 0 amide bonds. The summed E-state index contributed by atoms with van der Waals surface area (Å²) in [6.07, 6.45) is 0. The molecule has 0 fully saturated rings. The number of likely N-dealkylation sites (N-methyl/N-ethyl adjacent to an activating group) is 1. The van der Waals surface area contributed by atoms with Crippen molar-refractivity contribution in [3.63, 3.8) is 0 Å². The first-order valence-corrected chi connectivity index (χ1v) is 5.53. The molecular formula is C13H22N2. The number of nitrogens with two attached hydrogens (primary N) is 1. The first-order valence-electron chi connectivity index (χ1n) is 5.53. The number of hydrogen-bond donors (Lipinski definition) is 1. The molecule has 0 aliphatic heterocycles. The average molecular weight is 206 g/mol. The van der Waals surface area contributed by atoms with Gasteiger partial charge in [0.1, 0.15) is 0 Å². The molecule has 0 heterocycles. The molecule has 0 spiro atoms. The van der Waals surface area contributed by atoms with Gasteiger partial charge < -0.3 is 10.6 Å². The van der Waals surface area contributed by atoms with Crippen molar-refractivity contribution < 1.29 is 0 Å². The van der Waals surface area contributed by atoms with Gasteiger partial charge in [-0.25, -0.2) is 0 Å². The van der Waals surface area contributed by atoms with E-state index in [4.69, 9.17) is 5.73 Å². The van der Waals surface area contributed by atoms with Crippen molar-refractivity contribution >= 4 is 5.69 Å². The van der Waals surface area contributed by atoms with Gasteiger partial charge in [0.15, 0.2) is 0 Å². The second-order valence-corrected chi connectivity index (χ2v) is 4.84. The van der Waals surface area contributed by atoms with Crippen molar-refractivity contribution in [3.8, 4) is 0 Å². The Bertz CT molecular complexity index is 295. The van der Waals surface area contributed by atoms with Crippen LogP contribution < -0.4 is 10.6 Å². The van der Waals surface area contributed by atoms with Crippen LogP contribution >= 0.6 is 0 Å². The average Bonchev–Trinajstić information content (AvgIpc) is 2.14. The number of aryl methyl sites for hydroxylation is 1. The van der Waals surface area contributed by atoms with Gasteiger partial charge in [0.05, 0.1) is 0 Å². The highest BCUT2D eigenvalue weighted by Crippen LogP contribution is 2.16. The lowest BCUT2D eigenvalue weighted by Gasteiger charge is -2.30. The van der Waals surface area contributed by atoms with Crippen molar-refractivity contribution in [3.05, 3.63) is 29.8 Å². The third-order valence-electron chi connectivity index (χ3n) is 2.38. The minimum Gasteiger partial charge on any atom is -0.370 e. The molecule has 2 N–H and O–H groups in total. The molecule has 0 atom stereocenters. The lowest BCUT2D eigenvalue weighted by atomic mass is 10.1. The highest BCUT2D eigenvalue weighted by atomic mass is 15.1. The minimum absolute atomic E-state index is 0.152. The minimum atomic E-state index is -0.152. The predicted octanol–water partition coefficient (Wildman–Crippen LogP) is 2.56. The topological polar surface area (TPSA) is 29.3 Å². The Labute approximate surface area is 93.1 Å². The van der Waals surface area contributed by atoms with Crippen LogP contribution in [-0.4, -0.2) is 18.6 Å². The van der Waals surface area contributed by atoms with Crippen LogP contribution in [0.3, 0.4) is 0 Å². The zero-order valence-corrected chi connectivity index (χ0v) is 10.2. The van der Waals surface area contributed by atoms with Gasteiger partial charge in [-0.1, -0.05) is 17.7 Å². The summed E-state index contributed by atoms with van der Waals surface area (Å²) in [6.45, 7) is 10.3. The van der Waals surface area contributed by atoms with E-state index in [0.717, 1.165) is 13.1 Å². The standard InChI is InChI=1S/C13H22N2/c1-5-15(10-13(3,4)14)12-8-6-11(2)7-9-12/h6-9H,5,10,14H2,1-4H3. The molecule has 2 nitrogen and oxygen atoms in total. The molecule has 0 aliphatic carbocycles. The summed E-state index contributed by atoms with van der Waals surface area (Å²) in [5, 5.41) is 0. The Hall–Kier alpha value is -1.02. The van der Waals surface area contributed by atoms with E-state index in [-0.39, 0.29) is 5.54 Å². The van der Waals surface area contributed by atoms with Crippen LogP contribution in [0.25, 0.3) is 0 Å². The van der Waals surface area contributed by atoms with Crippen LogP contribution in [0.15, 0.2) is 24.3 Å². The first-order chi connectivity index (χ1) is 6.92. The molecule has 1 aromatic rings. The van der Waals surface area contributed by atoms with Crippen LogP contribution in [-0.2, 0) is 0 Å². The number of hydrogen-bond acceptors (Lipinski definition) is 2. The molecule has 1 rings (SSSR count). The molecule has 0 saturated carbocycles. The van der Waals surface area contributed by atoms with Gasteiger partial charge in [-0.15, -0.1) is 0 Å². The summed E-state index contributed by atoms with van der Waals surface area (Å²) >= 11 is 0. The van der Waals surface area contributed by atoms with Crippen LogP contribution in [0.5, 0.6) is 0 Å². The summed E-state index contributed by atoms with van der Waals surface area (Å²) in [4.78, 5) is 2.30. The fourth-order valence-electron chi connectivity index (χ4n) is 1.63. The van der Waals surface area contributed by atoms with Crippen LogP contribution in [0.4, 0.5) is 5.69 Å². The molecule has 0 radical (unpaired) electrons. The largest absolute Gasteiger partial charge is 0.370 e. The lowest BCUT2D eigenvalue weighted by Crippen LogP contribution is -2.45. The molecule has 0 unspecified atom stereocenters. The maximum atomic E-state index is 6.04. The summed E-state index contributed by atoms with van der Waals surface area (Å²) in [5.41, 5.74) is 8.43. The quantitative estimate of drug-likeness (QED) is 0.820. The maximum Gasteiger partial charge on any atom is 0.0366 e. The van der Waals surface area contributed by atoms with E-state index in [1.54, 1.807) is 0 Å². The number of nitrogens with zero attached hydrogens (tertiary/aromatic N) is 1. The lowest BCUT2D eigenvalue weighted by molar-refractivity contribution is 0.509. The van der Waals surface area contributed by atoms with E-state index in [9.17, 15) is 0 Å². The summed E-state index contributed by atoms with van der Waals surface area (Å²) in [7, 11) is 0. The summed E-state index contributed by atoms with van der Waals surface area (Å²) in [6, 6.07) is 8.60. The van der Waals surface area contributed by atoms with Gasteiger partial charge in [0.25, 0.3) is 0 Å². The van der Waals surface area contributed by atoms with Gasteiger partial charge >= 0.3 is 0 Å². The molecule has 0 aromatic heterocycles. The van der Waals surface area contributed by atoms with E-state index in [2.05, 4.69) is 56.9 Å². The highest BCUT2D eigenvalue weighted by Gasteiger charge is 2.15. The van der Waals surface area contributed by atoms with E-state index < -0.39 is 0 Å². The Kier molecular flexibility index (Phi) is 3.75. The molecule has 0 bridgehead atoms. The van der Waals surface area contributed by atoms with Crippen molar-refractivity contribution in [1.29, 1.82) is 0 Å². The zero-order chi connectivity index (χ0) is 11.5. The van der Waals surface area contributed by atoms with Gasteiger partial charge in [-0.3, -0.25) is 0 Å². The SMILES string of the molecule is CCN(CC(C)(C)N)c1ccc(C)cc1. The predicted molar refractivity (Wildman–Crippen MR) is 67.3 cm³/mol. The van der Waals surface area contributed by atoms with Crippen molar-refractivity contribution in [2.24, 2.45) is 5.73 Å². The van der Waals surface area contributed by atoms with Crippen molar-refractivity contribution in [2.75, 3.05) is 18.0 Å². The van der Waals surface area contributed by atoms with Crippen LogP contribution in [0.1, 0.15) is 26.3 Å². The third kappa shape index (κ3) is 3.92. The van der Waals surface area contributed by atoms with Gasteiger partial charge in [-0.2, -0.15) is 0 Å². The van der Waals surface area contributed by atoms with Gasteiger partial charge in [0.2, 0.25) is 0 Å². The normalized spacial score (nSPS) is 11.5. The van der Waals surface area contributed by atoms with Gasteiger partial charge in [0, 0.05) is 24.3 Å². The second-order valence-electron chi connectivity index (χ2n) is 4.84. The van der Waals surface area contributed by atoms with Crippen molar-refractivity contribution in [1.82, 2.24) is 0 Å². The van der Waals surface area contributed by atoms with Crippen LogP contribution in [0.2, 0.25) is 0 Å². The maximum absolute atomic E-state index is 6.04. The number of rotatable bonds is 4. The third-order valence-corrected chi connectivity index (χ3v) is 2.38. The smallest absolute Gasteiger partial charge is 0.0366 e. The Morgan fingerprint density at radius 1 is 1.20 bits per heavy atom. The fourth-order valence-corrected chi connectivity index (χ4v) is 1.63. The van der Waals surface area contributed by atoms with E-state index >= 15 is 0 Å². The number of benzene rings is 1. The Balaban J connectivity index is 2.79. The molecular weight excluding hydrogens is 184 g/mol. The van der Waals surface area contributed by atoms with Gasteiger partial charge in [-0.05, 0) is 39.8 Å². The zero-order valence-electron chi connectivity index (χ0n) is 10.2.